The first-order valence-electron chi connectivity index (χ1n) is 5.58. The third kappa shape index (κ3) is 30.6. The van der Waals surface area contributed by atoms with E-state index in [1.165, 1.54) is 5.57 Å². The molecule has 0 rings (SSSR count). The highest BCUT2D eigenvalue weighted by Gasteiger charge is 2.11. The first-order chi connectivity index (χ1) is 8.81. The third-order valence-corrected chi connectivity index (χ3v) is 2.25. The van der Waals surface area contributed by atoms with Crippen molar-refractivity contribution in [2.75, 3.05) is 6.61 Å². The molecule has 20 heavy (non-hydrogen) atoms. The first kappa shape index (κ1) is 22.0. The Balaban J connectivity index is 0. The average Bonchev–Trinajstić information content (AvgIpc) is 2.11. The molecule has 120 valence electrons. The van der Waals surface area contributed by atoms with E-state index in [4.69, 9.17) is 29.0 Å². The quantitative estimate of drug-likeness (QED) is 0.366. The van der Waals surface area contributed by atoms with Gasteiger partial charge in [0.1, 0.15) is 0 Å². The third-order valence-electron chi connectivity index (χ3n) is 1.77. The molecule has 0 aromatic heterocycles. The van der Waals surface area contributed by atoms with Crippen LogP contribution in [-0.4, -0.2) is 31.1 Å². The number of hydrogen-bond acceptors (Lipinski definition) is 3. The Kier molecular flexibility index (Phi) is 11.5. The minimum Gasteiger partial charge on any atom is -0.303 e. The van der Waals surface area contributed by atoms with Crippen molar-refractivity contribution >= 4 is 15.6 Å². The predicted octanol–water partition coefficient (Wildman–Crippen LogP) is 1.86. The van der Waals surface area contributed by atoms with Crippen molar-refractivity contribution in [1.82, 2.24) is 0 Å². The monoisotopic (exact) mass is 332 g/mol. The SMILES string of the molecule is CC(C)=CCC/C(C)=C/COP(=O)(O)O.O=P(O)(O)O. The van der Waals surface area contributed by atoms with Crippen molar-refractivity contribution in [3.05, 3.63) is 23.3 Å². The zero-order valence-corrected chi connectivity index (χ0v) is 13.4. The van der Waals surface area contributed by atoms with Gasteiger partial charge in [0.15, 0.2) is 0 Å². The van der Waals surface area contributed by atoms with Gasteiger partial charge < -0.3 is 24.5 Å². The van der Waals surface area contributed by atoms with E-state index < -0.39 is 15.6 Å². The van der Waals surface area contributed by atoms with E-state index in [-0.39, 0.29) is 6.61 Å². The molecule has 0 unspecified atom stereocenters. The van der Waals surface area contributed by atoms with Gasteiger partial charge in [0.25, 0.3) is 0 Å². The van der Waals surface area contributed by atoms with Crippen LogP contribution in [0.1, 0.15) is 33.6 Å². The zero-order valence-electron chi connectivity index (χ0n) is 11.6. The molecule has 0 aromatic rings. The van der Waals surface area contributed by atoms with Gasteiger partial charge in [-0.05, 0) is 33.6 Å². The van der Waals surface area contributed by atoms with Crippen molar-refractivity contribution in [2.45, 2.75) is 33.6 Å². The van der Waals surface area contributed by atoms with Gasteiger partial charge in [-0.3, -0.25) is 4.52 Å². The van der Waals surface area contributed by atoms with Crippen LogP contribution in [-0.2, 0) is 13.7 Å². The highest BCUT2D eigenvalue weighted by atomic mass is 31.2. The summed E-state index contributed by atoms with van der Waals surface area (Å²) in [7, 11) is -8.96. The summed E-state index contributed by atoms with van der Waals surface area (Å²) in [5.41, 5.74) is 2.34. The molecule has 5 N–H and O–H groups in total. The highest BCUT2D eigenvalue weighted by Crippen LogP contribution is 2.35. The number of allylic oxidation sites excluding steroid dienone is 3. The second kappa shape index (κ2) is 10.4. The molecule has 0 saturated heterocycles. The molecule has 0 aliphatic rings. The van der Waals surface area contributed by atoms with Gasteiger partial charge in [-0.25, -0.2) is 9.13 Å². The molecule has 0 aromatic carbocycles. The van der Waals surface area contributed by atoms with E-state index in [1.807, 2.05) is 20.8 Å². The van der Waals surface area contributed by atoms with Crippen LogP contribution in [0.15, 0.2) is 23.3 Å². The van der Waals surface area contributed by atoms with Gasteiger partial charge in [0, 0.05) is 0 Å². The maximum atomic E-state index is 10.3. The Morgan fingerprint density at radius 2 is 1.45 bits per heavy atom. The summed E-state index contributed by atoms with van der Waals surface area (Å²) in [6.45, 7) is 5.96. The molecule has 10 heteroatoms. The highest BCUT2D eigenvalue weighted by molar-refractivity contribution is 7.46. The number of phosphoric acid groups is 2. The fraction of sp³-hybridized carbons (Fsp3) is 0.600. The normalized spacial score (nSPS) is 12.5. The van der Waals surface area contributed by atoms with Crippen molar-refractivity contribution < 1.29 is 38.1 Å². The minimum absolute atomic E-state index is 0.0368. The molecule has 0 heterocycles. The molecule has 0 atom stereocenters. The second-order valence-electron chi connectivity index (χ2n) is 4.17. The first-order valence-corrected chi connectivity index (χ1v) is 8.68. The van der Waals surface area contributed by atoms with Crippen LogP contribution in [0.3, 0.4) is 0 Å². The molecule has 0 amide bonds. The van der Waals surface area contributed by atoms with Crippen LogP contribution >= 0.6 is 15.6 Å². The van der Waals surface area contributed by atoms with E-state index in [1.54, 1.807) is 6.08 Å². The van der Waals surface area contributed by atoms with E-state index in [0.29, 0.717) is 0 Å². The van der Waals surface area contributed by atoms with Gasteiger partial charge in [0.05, 0.1) is 6.61 Å². The summed E-state index contributed by atoms with van der Waals surface area (Å²) in [5, 5.41) is 0. The lowest BCUT2D eigenvalue weighted by atomic mass is 10.1. The van der Waals surface area contributed by atoms with E-state index in [2.05, 4.69) is 10.6 Å². The smallest absolute Gasteiger partial charge is 0.303 e. The zero-order chi connectivity index (χ0) is 16.4. The predicted molar refractivity (Wildman–Crippen MR) is 74.7 cm³/mol. The number of hydrogen-bond donors (Lipinski definition) is 5. The van der Waals surface area contributed by atoms with E-state index >= 15 is 0 Å². The van der Waals surface area contributed by atoms with Gasteiger partial charge in [-0.1, -0.05) is 23.3 Å². The standard InChI is InChI=1S/C10H19O4P.H3O4P/c1-9(2)5-4-6-10(3)7-8-14-15(11,12)13;1-5(2,3)4/h5,7H,4,6,8H2,1-3H3,(H2,11,12,13);(H3,1,2,3,4)/b10-7+;. The van der Waals surface area contributed by atoms with Crippen LogP contribution < -0.4 is 0 Å². The lowest BCUT2D eigenvalue weighted by Crippen LogP contribution is -1.89. The Labute approximate surface area is 118 Å². The fourth-order valence-corrected chi connectivity index (χ4v) is 1.24. The summed E-state index contributed by atoms with van der Waals surface area (Å²) in [6.07, 6.45) is 5.65. The van der Waals surface area contributed by atoms with Crippen LogP contribution in [0.25, 0.3) is 0 Å². The Morgan fingerprint density at radius 1 is 1.00 bits per heavy atom. The molecule has 0 saturated carbocycles. The lowest BCUT2D eigenvalue weighted by Gasteiger charge is -2.03. The molecule has 0 aliphatic carbocycles. The summed E-state index contributed by atoms with van der Waals surface area (Å²) in [5.74, 6) is 0. The molecule has 0 bridgehead atoms. The molecule has 8 nitrogen and oxygen atoms in total. The maximum Gasteiger partial charge on any atom is 0.469 e. The number of phosphoric ester groups is 1. The van der Waals surface area contributed by atoms with Crippen LogP contribution in [0, 0.1) is 0 Å². The molecular weight excluding hydrogens is 310 g/mol. The number of rotatable bonds is 6. The fourth-order valence-electron chi connectivity index (χ4n) is 0.967. The van der Waals surface area contributed by atoms with E-state index in [0.717, 1.165) is 18.4 Å². The topological polar surface area (TPSA) is 145 Å². The van der Waals surface area contributed by atoms with Crippen LogP contribution in [0.4, 0.5) is 0 Å². The molecule has 0 fully saturated rings. The van der Waals surface area contributed by atoms with Crippen molar-refractivity contribution in [3.63, 3.8) is 0 Å². The van der Waals surface area contributed by atoms with Gasteiger partial charge in [0.2, 0.25) is 0 Å². The van der Waals surface area contributed by atoms with Crippen molar-refractivity contribution in [3.8, 4) is 0 Å². The Morgan fingerprint density at radius 3 is 1.80 bits per heavy atom. The summed E-state index contributed by atoms with van der Waals surface area (Å²) in [6, 6.07) is 0. The van der Waals surface area contributed by atoms with Crippen LogP contribution in [0.5, 0.6) is 0 Å². The molecule has 0 aliphatic heterocycles. The molecule has 0 radical (unpaired) electrons. The Hall–Kier alpha value is -0.300. The summed E-state index contributed by atoms with van der Waals surface area (Å²) < 4.78 is 23.5. The van der Waals surface area contributed by atoms with E-state index in [9.17, 15) is 4.57 Å². The lowest BCUT2D eigenvalue weighted by molar-refractivity contribution is 0.215. The molecular formula is C10H22O8P2. The maximum absolute atomic E-state index is 10.3. The summed E-state index contributed by atoms with van der Waals surface area (Å²) >= 11 is 0. The second-order valence-corrected chi connectivity index (χ2v) is 6.44. The summed E-state index contributed by atoms with van der Waals surface area (Å²) in [4.78, 5) is 38.4. The van der Waals surface area contributed by atoms with Gasteiger partial charge in [-0.15, -0.1) is 0 Å². The van der Waals surface area contributed by atoms with Crippen molar-refractivity contribution in [1.29, 1.82) is 0 Å². The average molecular weight is 332 g/mol. The Bertz CT molecular complexity index is 405. The van der Waals surface area contributed by atoms with Gasteiger partial charge >= 0.3 is 15.6 Å². The van der Waals surface area contributed by atoms with Crippen molar-refractivity contribution in [2.24, 2.45) is 0 Å². The van der Waals surface area contributed by atoms with Crippen LogP contribution in [0.2, 0.25) is 0 Å². The molecule has 0 spiro atoms. The minimum atomic E-state index is -4.64. The van der Waals surface area contributed by atoms with Gasteiger partial charge in [-0.2, -0.15) is 0 Å². The largest absolute Gasteiger partial charge is 0.469 e.